The number of carbonyl (C=O) groups excluding carboxylic acids is 1. The number of fused-ring (bicyclic) bond motifs is 6. The van der Waals surface area contributed by atoms with Crippen LogP contribution in [0.3, 0.4) is 0 Å². The summed E-state index contributed by atoms with van der Waals surface area (Å²) in [4.78, 5) is 24.6. The van der Waals surface area contributed by atoms with Crippen LogP contribution in [0.4, 0.5) is 5.13 Å². The number of para-hydroxylation sites is 1. The molecule has 1 aliphatic carbocycles. The topological polar surface area (TPSA) is 85.1 Å². The molecule has 0 fully saturated rings. The number of nitrogens with one attached hydrogen (secondary N) is 1. The van der Waals surface area contributed by atoms with Crippen molar-refractivity contribution in [1.29, 1.82) is 0 Å². The largest absolute Gasteiger partial charge is 0.301 e. The first-order chi connectivity index (χ1) is 15.7. The number of thiazole rings is 1. The van der Waals surface area contributed by atoms with Crippen LogP contribution in [-0.4, -0.2) is 36.2 Å². The Morgan fingerprint density at radius 3 is 2.91 bits per heavy atom. The third-order valence-electron chi connectivity index (χ3n) is 5.69. The zero-order valence-electron chi connectivity index (χ0n) is 17.4. The Labute approximate surface area is 196 Å². The highest BCUT2D eigenvalue weighted by molar-refractivity contribution is 7.99. The Kier molecular flexibility index (Phi) is 5.08. The van der Waals surface area contributed by atoms with Crippen molar-refractivity contribution < 1.29 is 4.79 Å². The number of rotatable bonds is 5. The lowest BCUT2D eigenvalue weighted by molar-refractivity contribution is -0.113. The zero-order chi connectivity index (χ0) is 21.7. The maximum Gasteiger partial charge on any atom is 0.236 e. The van der Waals surface area contributed by atoms with Crippen molar-refractivity contribution in [2.75, 3.05) is 11.1 Å². The molecule has 6 rings (SSSR count). The number of carbonyl (C=O) groups is 1. The van der Waals surface area contributed by atoms with Gasteiger partial charge in [0.05, 0.1) is 21.4 Å². The molecule has 4 heterocycles. The number of hydrogen-bond acceptors (Lipinski definition) is 8. The second-order valence-electron chi connectivity index (χ2n) is 7.74. The highest BCUT2D eigenvalue weighted by Gasteiger charge is 2.23. The quantitative estimate of drug-likeness (QED) is 0.352. The molecular formula is C22H20N6OS3. The molecule has 0 saturated carbocycles. The number of hydrogen-bond donors (Lipinski definition) is 1. The molecule has 0 bridgehead atoms. The lowest BCUT2D eigenvalue weighted by Crippen LogP contribution is -2.14. The van der Waals surface area contributed by atoms with Crippen LogP contribution in [0.2, 0.25) is 0 Å². The molecule has 0 unspecified atom stereocenters. The molecule has 1 amide bonds. The average Bonchev–Trinajstić information content (AvgIpc) is 3.50. The Balaban J connectivity index is 1.29. The van der Waals surface area contributed by atoms with Crippen LogP contribution < -0.4 is 5.32 Å². The van der Waals surface area contributed by atoms with Gasteiger partial charge in [0.2, 0.25) is 5.91 Å². The molecule has 1 aliphatic rings. The third-order valence-corrected chi connectivity index (χ3v) is 8.75. The SMILES string of the molecule is CCc1nc2sc3c(c2c2nnc(SCC(=O)Nc4nc5ccccc5s4)n12)CCCC3. The Morgan fingerprint density at radius 1 is 1.16 bits per heavy atom. The zero-order valence-corrected chi connectivity index (χ0v) is 19.9. The summed E-state index contributed by atoms with van der Waals surface area (Å²) in [5.74, 6) is 1.07. The van der Waals surface area contributed by atoms with E-state index in [1.54, 1.807) is 11.3 Å². The molecule has 1 N–H and O–H groups in total. The van der Waals surface area contributed by atoms with Gasteiger partial charge < -0.3 is 5.32 Å². The summed E-state index contributed by atoms with van der Waals surface area (Å²) in [7, 11) is 0. The maximum atomic E-state index is 12.6. The van der Waals surface area contributed by atoms with Gasteiger partial charge in [0.25, 0.3) is 0 Å². The fourth-order valence-electron chi connectivity index (χ4n) is 4.23. The fourth-order valence-corrected chi connectivity index (χ4v) is 7.14. The molecule has 0 saturated heterocycles. The van der Waals surface area contributed by atoms with Gasteiger partial charge in [-0.05, 0) is 43.4 Å². The van der Waals surface area contributed by atoms with Gasteiger partial charge >= 0.3 is 0 Å². The van der Waals surface area contributed by atoms with Crippen molar-refractivity contribution in [3.8, 4) is 0 Å². The molecule has 32 heavy (non-hydrogen) atoms. The summed E-state index contributed by atoms with van der Waals surface area (Å²) < 4.78 is 3.10. The van der Waals surface area contributed by atoms with E-state index in [9.17, 15) is 4.79 Å². The van der Waals surface area contributed by atoms with Gasteiger partial charge in [-0.2, -0.15) is 0 Å². The van der Waals surface area contributed by atoms with Gasteiger partial charge in [-0.25, -0.2) is 9.97 Å². The lowest BCUT2D eigenvalue weighted by Gasteiger charge is -2.11. The average molecular weight is 481 g/mol. The van der Waals surface area contributed by atoms with Crippen molar-refractivity contribution in [3.05, 3.63) is 40.5 Å². The van der Waals surface area contributed by atoms with Crippen molar-refractivity contribution in [3.63, 3.8) is 0 Å². The molecule has 10 heteroatoms. The molecule has 0 spiro atoms. The normalized spacial score (nSPS) is 13.8. The number of nitrogens with zero attached hydrogens (tertiary/aromatic N) is 5. The van der Waals surface area contributed by atoms with Crippen LogP contribution in [-0.2, 0) is 24.1 Å². The summed E-state index contributed by atoms with van der Waals surface area (Å²) in [6, 6.07) is 7.87. The van der Waals surface area contributed by atoms with Crippen LogP contribution in [0, 0.1) is 0 Å². The van der Waals surface area contributed by atoms with Gasteiger partial charge in [-0.1, -0.05) is 42.2 Å². The number of benzene rings is 1. The van der Waals surface area contributed by atoms with E-state index in [1.165, 1.54) is 46.4 Å². The third kappa shape index (κ3) is 3.37. The Bertz CT molecular complexity index is 1450. The van der Waals surface area contributed by atoms with E-state index in [4.69, 9.17) is 4.98 Å². The second kappa shape index (κ2) is 8.09. The maximum absolute atomic E-state index is 12.6. The molecule has 0 atom stereocenters. The standard InChI is InChI=1S/C22H20N6OS3/c1-2-16-24-20-18(12-7-3-5-9-14(12)31-20)19-26-27-22(28(16)19)30-11-17(29)25-21-23-13-8-4-6-10-15(13)32-21/h4,6,8,10H,2-3,5,7,9,11H2,1H3,(H,23,25,29). The molecule has 4 aromatic heterocycles. The summed E-state index contributed by atoms with van der Waals surface area (Å²) in [5.41, 5.74) is 3.17. The monoisotopic (exact) mass is 480 g/mol. The molecule has 5 aromatic rings. The van der Waals surface area contributed by atoms with E-state index in [1.807, 2.05) is 28.7 Å². The number of amides is 1. The molecule has 7 nitrogen and oxygen atoms in total. The van der Waals surface area contributed by atoms with Gasteiger partial charge in [-0.15, -0.1) is 21.5 Å². The van der Waals surface area contributed by atoms with Crippen molar-refractivity contribution >= 4 is 71.6 Å². The lowest BCUT2D eigenvalue weighted by atomic mass is 9.97. The van der Waals surface area contributed by atoms with Crippen LogP contribution in [0.15, 0.2) is 29.4 Å². The summed E-state index contributed by atoms with van der Waals surface area (Å²) in [6.07, 6.45) is 5.44. The Hall–Kier alpha value is -2.56. The molecule has 162 valence electrons. The summed E-state index contributed by atoms with van der Waals surface area (Å²) >= 11 is 4.67. The summed E-state index contributed by atoms with van der Waals surface area (Å²) in [5, 5.41) is 14.4. The van der Waals surface area contributed by atoms with Crippen LogP contribution in [0.5, 0.6) is 0 Å². The van der Waals surface area contributed by atoms with Crippen molar-refractivity contribution in [2.24, 2.45) is 0 Å². The fraction of sp³-hybridized carbons (Fsp3) is 0.318. The second-order valence-corrected chi connectivity index (χ2v) is 10.8. The van der Waals surface area contributed by atoms with Crippen LogP contribution in [0.1, 0.15) is 36.0 Å². The van der Waals surface area contributed by atoms with E-state index < -0.39 is 0 Å². The Morgan fingerprint density at radius 2 is 2.03 bits per heavy atom. The molecule has 0 radical (unpaired) electrons. The number of thioether (sulfide) groups is 1. The first kappa shape index (κ1) is 20.1. The molecule has 1 aromatic carbocycles. The number of aromatic nitrogens is 5. The highest BCUT2D eigenvalue weighted by atomic mass is 32.2. The van der Waals surface area contributed by atoms with E-state index in [0.717, 1.165) is 51.2 Å². The first-order valence-corrected chi connectivity index (χ1v) is 13.3. The highest BCUT2D eigenvalue weighted by Crippen LogP contribution is 2.38. The minimum absolute atomic E-state index is 0.106. The van der Waals surface area contributed by atoms with Crippen molar-refractivity contribution in [2.45, 2.75) is 44.2 Å². The smallest absolute Gasteiger partial charge is 0.236 e. The molecule has 0 aliphatic heterocycles. The van der Waals surface area contributed by atoms with Gasteiger partial charge in [0, 0.05) is 11.3 Å². The minimum Gasteiger partial charge on any atom is -0.301 e. The first-order valence-electron chi connectivity index (χ1n) is 10.7. The predicted molar refractivity (Wildman–Crippen MR) is 131 cm³/mol. The van der Waals surface area contributed by atoms with E-state index in [-0.39, 0.29) is 11.7 Å². The van der Waals surface area contributed by atoms with Gasteiger partial charge in [0.15, 0.2) is 15.9 Å². The molecular weight excluding hydrogens is 460 g/mol. The number of anilines is 1. The van der Waals surface area contributed by atoms with Crippen molar-refractivity contribution in [1.82, 2.24) is 24.6 Å². The summed E-state index contributed by atoms with van der Waals surface area (Å²) in [6.45, 7) is 2.09. The number of thiophene rings is 1. The van der Waals surface area contributed by atoms with E-state index in [0.29, 0.717) is 10.3 Å². The van der Waals surface area contributed by atoms with E-state index in [2.05, 4.69) is 27.4 Å². The minimum atomic E-state index is -0.106. The van der Waals surface area contributed by atoms with E-state index >= 15 is 0 Å². The predicted octanol–water partition coefficient (Wildman–Crippen LogP) is 5.12. The number of aryl methyl sites for hydroxylation is 3. The van der Waals surface area contributed by atoms with Crippen LogP contribution >= 0.6 is 34.4 Å². The van der Waals surface area contributed by atoms with Gasteiger partial charge in [0.1, 0.15) is 10.7 Å². The van der Waals surface area contributed by atoms with Gasteiger partial charge in [-0.3, -0.25) is 9.20 Å². The van der Waals surface area contributed by atoms with Crippen LogP contribution in [0.25, 0.3) is 26.1 Å².